The van der Waals surface area contributed by atoms with Gasteiger partial charge in [-0.25, -0.2) is 0 Å². The van der Waals surface area contributed by atoms with Gasteiger partial charge in [0.1, 0.15) is 6.20 Å². The van der Waals surface area contributed by atoms with E-state index in [1.165, 1.54) is 6.20 Å². The number of aromatic nitrogens is 1. The van der Waals surface area contributed by atoms with E-state index in [4.69, 9.17) is 0 Å². The topological polar surface area (TPSA) is 56.0 Å². The second-order valence-electron chi connectivity index (χ2n) is 1.88. The molecule has 0 radical (unpaired) electrons. The van der Waals surface area contributed by atoms with Gasteiger partial charge in [-0.05, 0) is 22.0 Å². The van der Waals surface area contributed by atoms with Crippen LogP contribution >= 0.6 is 15.9 Å². The van der Waals surface area contributed by atoms with Crippen molar-refractivity contribution in [2.45, 2.75) is 5.33 Å². The summed E-state index contributed by atoms with van der Waals surface area (Å²) < 4.78 is 0. The fourth-order valence-electron chi connectivity index (χ4n) is 0.699. The SMILES string of the molecule is O=[N+]([O-])c1ncccc1CBr. The molecule has 0 amide bonds. The van der Waals surface area contributed by atoms with Crippen LogP contribution in [0.25, 0.3) is 0 Å². The first-order valence-corrected chi connectivity index (χ1v) is 4.02. The molecule has 0 spiro atoms. The van der Waals surface area contributed by atoms with Crippen molar-refractivity contribution in [3.05, 3.63) is 34.0 Å². The maximum Gasteiger partial charge on any atom is 0.367 e. The van der Waals surface area contributed by atoms with Gasteiger partial charge in [0.05, 0.1) is 5.56 Å². The van der Waals surface area contributed by atoms with Crippen molar-refractivity contribution in [2.24, 2.45) is 0 Å². The summed E-state index contributed by atoms with van der Waals surface area (Å²) in [5.74, 6) is -0.0793. The van der Waals surface area contributed by atoms with E-state index < -0.39 is 4.92 Å². The molecule has 0 aliphatic heterocycles. The highest BCUT2D eigenvalue weighted by molar-refractivity contribution is 9.08. The second-order valence-corrected chi connectivity index (χ2v) is 2.44. The summed E-state index contributed by atoms with van der Waals surface area (Å²) >= 11 is 3.13. The number of nitrogens with zero attached hydrogens (tertiary/aromatic N) is 2. The molecule has 0 aliphatic carbocycles. The fraction of sp³-hybridized carbons (Fsp3) is 0.167. The van der Waals surface area contributed by atoms with Gasteiger partial charge < -0.3 is 10.1 Å². The van der Waals surface area contributed by atoms with Crippen molar-refractivity contribution >= 4 is 21.7 Å². The molecule has 58 valence electrons. The Hall–Kier alpha value is -0.970. The number of alkyl halides is 1. The minimum atomic E-state index is -0.489. The highest BCUT2D eigenvalue weighted by Crippen LogP contribution is 2.16. The van der Waals surface area contributed by atoms with Gasteiger partial charge in [0.2, 0.25) is 0 Å². The van der Waals surface area contributed by atoms with Crippen LogP contribution in [0, 0.1) is 10.1 Å². The van der Waals surface area contributed by atoms with Gasteiger partial charge in [0, 0.05) is 5.33 Å². The maximum atomic E-state index is 10.3. The monoisotopic (exact) mass is 216 g/mol. The maximum absolute atomic E-state index is 10.3. The van der Waals surface area contributed by atoms with Crippen LogP contribution in [-0.4, -0.2) is 9.91 Å². The van der Waals surface area contributed by atoms with Crippen molar-refractivity contribution in [1.82, 2.24) is 4.98 Å². The Morgan fingerprint density at radius 3 is 2.91 bits per heavy atom. The zero-order valence-electron chi connectivity index (χ0n) is 5.53. The summed E-state index contributed by atoms with van der Waals surface area (Å²) in [6.07, 6.45) is 1.41. The first kappa shape index (κ1) is 8.13. The van der Waals surface area contributed by atoms with Gasteiger partial charge in [-0.1, -0.05) is 15.9 Å². The summed E-state index contributed by atoms with van der Waals surface area (Å²) in [6.45, 7) is 0. The molecule has 0 unspecified atom stereocenters. The molecule has 0 saturated carbocycles. The van der Waals surface area contributed by atoms with Crippen LogP contribution in [0.1, 0.15) is 5.56 Å². The molecule has 0 N–H and O–H groups in total. The predicted molar refractivity (Wildman–Crippen MR) is 43.5 cm³/mol. The van der Waals surface area contributed by atoms with E-state index in [9.17, 15) is 10.1 Å². The molecule has 4 nitrogen and oxygen atoms in total. The first-order valence-electron chi connectivity index (χ1n) is 2.90. The van der Waals surface area contributed by atoms with Crippen molar-refractivity contribution < 1.29 is 4.92 Å². The number of pyridine rings is 1. The Morgan fingerprint density at radius 1 is 1.73 bits per heavy atom. The lowest BCUT2D eigenvalue weighted by Gasteiger charge is -1.95. The molecule has 1 heterocycles. The van der Waals surface area contributed by atoms with Crippen LogP contribution in [0.4, 0.5) is 5.82 Å². The smallest absolute Gasteiger partial charge is 0.358 e. The van der Waals surface area contributed by atoms with E-state index in [2.05, 4.69) is 20.9 Å². The highest BCUT2D eigenvalue weighted by atomic mass is 79.9. The van der Waals surface area contributed by atoms with Crippen LogP contribution in [0.2, 0.25) is 0 Å². The van der Waals surface area contributed by atoms with Gasteiger partial charge in [0.15, 0.2) is 0 Å². The van der Waals surface area contributed by atoms with Crippen molar-refractivity contribution in [1.29, 1.82) is 0 Å². The van der Waals surface area contributed by atoms with Crippen molar-refractivity contribution in [3.8, 4) is 0 Å². The van der Waals surface area contributed by atoms with E-state index in [1.807, 2.05) is 0 Å². The Kier molecular flexibility index (Phi) is 2.53. The Balaban J connectivity index is 3.12. The lowest BCUT2D eigenvalue weighted by Crippen LogP contribution is -1.95. The molecular weight excluding hydrogens is 212 g/mol. The first-order chi connectivity index (χ1) is 5.25. The molecule has 11 heavy (non-hydrogen) atoms. The molecule has 1 rings (SSSR count). The molecule has 5 heteroatoms. The Bertz CT molecular complexity index is 277. The van der Waals surface area contributed by atoms with Gasteiger partial charge in [-0.15, -0.1) is 0 Å². The number of hydrogen-bond acceptors (Lipinski definition) is 3. The largest absolute Gasteiger partial charge is 0.367 e. The summed E-state index contributed by atoms with van der Waals surface area (Å²) in [7, 11) is 0. The van der Waals surface area contributed by atoms with Crippen LogP contribution in [-0.2, 0) is 5.33 Å². The number of halogens is 1. The summed E-state index contributed by atoms with van der Waals surface area (Å²) in [6, 6.07) is 3.34. The average molecular weight is 217 g/mol. The number of rotatable bonds is 2. The van der Waals surface area contributed by atoms with Crippen LogP contribution in [0.15, 0.2) is 18.3 Å². The van der Waals surface area contributed by atoms with Crippen molar-refractivity contribution in [2.75, 3.05) is 0 Å². The minimum absolute atomic E-state index is 0.0793. The van der Waals surface area contributed by atoms with Crippen molar-refractivity contribution in [3.63, 3.8) is 0 Å². The van der Waals surface area contributed by atoms with Crippen LogP contribution < -0.4 is 0 Å². The molecule has 0 bridgehead atoms. The van der Waals surface area contributed by atoms with E-state index in [0.29, 0.717) is 10.9 Å². The van der Waals surface area contributed by atoms with E-state index in [-0.39, 0.29) is 5.82 Å². The normalized spacial score (nSPS) is 9.55. The van der Waals surface area contributed by atoms with Gasteiger partial charge in [-0.3, -0.25) is 0 Å². The molecule has 0 fully saturated rings. The molecule has 0 aliphatic rings. The van der Waals surface area contributed by atoms with Crippen LogP contribution in [0.3, 0.4) is 0 Å². The number of nitro groups is 1. The summed E-state index contributed by atoms with van der Waals surface area (Å²) in [4.78, 5) is 13.4. The molecule has 0 aromatic carbocycles. The van der Waals surface area contributed by atoms with Gasteiger partial charge in [0.25, 0.3) is 0 Å². The number of hydrogen-bond donors (Lipinski definition) is 0. The third-order valence-corrected chi connectivity index (χ3v) is 1.79. The summed E-state index contributed by atoms with van der Waals surface area (Å²) in [5, 5.41) is 10.8. The van der Waals surface area contributed by atoms with Crippen LogP contribution in [0.5, 0.6) is 0 Å². The Morgan fingerprint density at radius 2 is 2.45 bits per heavy atom. The third-order valence-electron chi connectivity index (χ3n) is 1.18. The fourth-order valence-corrected chi connectivity index (χ4v) is 1.14. The van der Waals surface area contributed by atoms with Gasteiger partial charge >= 0.3 is 5.82 Å². The summed E-state index contributed by atoms with van der Waals surface area (Å²) in [5.41, 5.74) is 0.595. The lowest BCUT2D eigenvalue weighted by atomic mass is 10.3. The molecular formula is C6H5BrN2O2. The molecule has 0 atom stereocenters. The van der Waals surface area contributed by atoms with Gasteiger partial charge in [-0.2, -0.15) is 0 Å². The predicted octanol–water partition coefficient (Wildman–Crippen LogP) is 1.88. The molecule has 1 aromatic rings. The highest BCUT2D eigenvalue weighted by Gasteiger charge is 2.11. The molecule has 1 aromatic heterocycles. The standard InChI is InChI=1S/C6H5BrN2O2/c7-4-5-2-1-3-8-6(5)9(10)11/h1-3H,4H2. The lowest BCUT2D eigenvalue weighted by molar-refractivity contribution is -0.390. The van der Waals surface area contributed by atoms with E-state index in [0.717, 1.165) is 0 Å². The zero-order valence-corrected chi connectivity index (χ0v) is 7.11. The average Bonchev–Trinajstić information content (AvgIpc) is 2.04. The second kappa shape index (κ2) is 3.43. The van der Waals surface area contributed by atoms with E-state index >= 15 is 0 Å². The zero-order chi connectivity index (χ0) is 8.27. The Labute approximate surface area is 71.5 Å². The quantitative estimate of drug-likeness (QED) is 0.431. The molecule has 0 saturated heterocycles. The minimum Gasteiger partial charge on any atom is -0.358 e. The van der Waals surface area contributed by atoms with E-state index in [1.54, 1.807) is 12.1 Å². The third kappa shape index (κ3) is 1.74.